The summed E-state index contributed by atoms with van der Waals surface area (Å²) in [6, 6.07) is 21.0. The van der Waals surface area contributed by atoms with Gasteiger partial charge in [0, 0.05) is 11.8 Å². The van der Waals surface area contributed by atoms with Gasteiger partial charge in [-0.05, 0) is 48.6 Å². The maximum Gasteiger partial charge on any atom is 0.139 e. The van der Waals surface area contributed by atoms with Crippen molar-refractivity contribution in [1.82, 2.24) is 0 Å². The Labute approximate surface area is 132 Å². The number of Topliss-reactive ketones (excluding diaryl/α,β-unsaturated/α-hetero) is 1. The molecular weight excluding hydrogens is 268 g/mol. The number of carbonyl (C=O) groups excluding carboxylic acids is 1. The lowest BCUT2D eigenvalue weighted by Gasteiger charge is -2.02. The summed E-state index contributed by atoms with van der Waals surface area (Å²) in [7, 11) is 0. The van der Waals surface area contributed by atoms with Crippen LogP contribution in [-0.4, -0.2) is 5.78 Å². The van der Waals surface area contributed by atoms with E-state index in [-0.39, 0.29) is 5.41 Å². The van der Waals surface area contributed by atoms with Gasteiger partial charge in [0.15, 0.2) is 0 Å². The Morgan fingerprint density at radius 2 is 1.36 bits per heavy atom. The highest BCUT2D eigenvalue weighted by Crippen LogP contribution is 2.88. The fourth-order valence-electron chi connectivity index (χ4n) is 4.09. The van der Waals surface area contributed by atoms with Gasteiger partial charge in [-0.15, -0.1) is 0 Å². The minimum absolute atomic E-state index is 0.0938. The number of benzene rings is 2. The van der Waals surface area contributed by atoms with Crippen molar-refractivity contribution in [1.29, 1.82) is 0 Å². The third-order valence-electron chi connectivity index (χ3n) is 5.80. The van der Waals surface area contributed by atoms with Crippen molar-refractivity contribution in [3.63, 3.8) is 0 Å². The molecule has 0 atom stereocenters. The van der Waals surface area contributed by atoms with E-state index in [1.165, 1.54) is 17.5 Å². The Bertz CT molecular complexity index is 666. The highest BCUT2D eigenvalue weighted by molar-refractivity contribution is 5.93. The number of fused-ring (bicyclic) bond motifs is 1. The van der Waals surface area contributed by atoms with E-state index in [1.54, 1.807) is 0 Å². The molecule has 2 aliphatic carbocycles. The quantitative estimate of drug-likeness (QED) is 0.728. The average Bonchev–Trinajstić information content (AvgIpc) is 3.40. The highest BCUT2D eigenvalue weighted by atomic mass is 16.1. The standard InChI is InChI=1S/C21H22O/c22-19(12-11-17-7-3-1-4-8-17)21-15-20(21,16-21)14-13-18-9-5-2-6-10-18/h1-10H,11-16H2. The van der Waals surface area contributed by atoms with Gasteiger partial charge in [-0.2, -0.15) is 0 Å². The number of hydrogen-bond acceptors (Lipinski definition) is 1. The molecule has 0 bridgehead atoms. The lowest BCUT2D eigenvalue weighted by atomic mass is 10.0. The zero-order chi connectivity index (χ0) is 15.0. The first-order valence-corrected chi connectivity index (χ1v) is 8.35. The maximum atomic E-state index is 12.6. The molecule has 0 N–H and O–H groups in total. The zero-order valence-corrected chi connectivity index (χ0v) is 12.9. The molecule has 4 rings (SSSR count). The van der Waals surface area contributed by atoms with Gasteiger partial charge < -0.3 is 0 Å². The van der Waals surface area contributed by atoms with Crippen LogP contribution in [0.1, 0.15) is 36.8 Å². The second-order valence-electron chi connectivity index (χ2n) is 7.11. The number of aryl methyl sites for hydroxylation is 2. The lowest BCUT2D eigenvalue weighted by molar-refractivity contribution is -0.122. The highest BCUT2D eigenvalue weighted by Gasteiger charge is 2.84. The number of rotatable bonds is 7. The van der Waals surface area contributed by atoms with Crippen LogP contribution in [0.15, 0.2) is 60.7 Å². The molecule has 0 amide bonds. The zero-order valence-electron chi connectivity index (χ0n) is 12.9. The summed E-state index contributed by atoms with van der Waals surface area (Å²) in [5, 5.41) is 0. The van der Waals surface area contributed by atoms with Crippen molar-refractivity contribution >= 4 is 5.78 Å². The predicted octanol–water partition coefficient (Wildman–Crippen LogP) is 4.60. The van der Waals surface area contributed by atoms with E-state index in [9.17, 15) is 4.79 Å². The molecule has 2 fully saturated rings. The van der Waals surface area contributed by atoms with Gasteiger partial charge in [-0.25, -0.2) is 0 Å². The Morgan fingerprint density at radius 1 is 0.818 bits per heavy atom. The van der Waals surface area contributed by atoms with Crippen LogP contribution < -0.4 is 0 Å². The van der Waals surface area contributed by atoms with E-state index >= 15 is 0 Å². The van der Waals surface area contributed by atoms with Crippen molar-refractivity contribution in [2.45, 2.75) is 38.5 Å². The average molecular weight is 290 g/mol. The van der Waals surface area contributed by atoms with Gasteiger partial charge in [0.05, 0.1) is 0 Å². The van der Waals surface area contributed by atoms with Crippen molar-refractivity contribution in [3.05, 3.63) is 71.8 Å². The molecule has 0 unspecified atom stereocenters. The summed E-state index contributed by atoms with van der Waals surface area (Å²) in [5.41, 5.74) is 3.16. The van der Waals surface area contributed by atoms with Gasteiger partial charge in [0.2, 0.25) is 0 Å². The summed E-state index contributed by atoms with van der Waals surface area (Å²) < 4.78 is 0. The van der Waals surface area contributed by atoms with E-state index in [0.29, 0.717) is 11.2 Å². The molecule has 0 aliphatic heterocycles. The van der Waals surface area contributed by atoms with Gasteiger partial charge in [0.25, 0.3) is 0 Å². The van der Waals surface area contributed by atoms with Crippen LogP contribution in [-0.2, 0) is 17.6 Å². The number of hydrogen-bond donors (Lipinski definition) is 0. The van der Waals surface area contributed by atoms with Crippen molar-refractivity contribution in [3.8, 4) is 0 Å². The van der Waals surface area contributed by atoms with Gasteiger partial charge in [-0.3, -0.25) is 4.79 Å². The topological polar surface area (TPSA) is 17.1 Å². The maximum absolute atomic E-state index is 12.6. The molecule has 0 heterocycles. The first-order valence-electron chi connectivity index (χ1n) is 8.35. The third-order valence-corrected chi connectivity index (χ3v) is 5.80. The van der Waals surface area contributed by atoms with Gasteiger partial charge in [-0.1, -0.05) is 60.7 Å². The molecule has 0 aromatic heterocycles. The minimum Gasteiger partial charge on any atom is -0.299 e. The molecule has 2 aliphatic rings. The molecule has 2 aromatic rings. The van der Waals surface area contributed by atoms with E-state index in [4.69, 9.17) is 0 Å². The summed E-state index contributed by atoms with van der Waals surface area (Å²) >= 11 is 0. The fourth-order valence-corrected chi connectivity index (χ4v) is 4.09. The van der Waals surface area contributed by atoms with Crippen LogP contribution in [0.2, 0.25) is 0 Å². The molecule has 0 saturated heterocycles. The molecule has 0 spiro atoms. The second kappa shape index (κ2) is 5.08. The van der Waals surface area contributed by atoms with Crippen molar-refractivity contribution in [2.24, 2.45) is 10.8 Å². The van der Waals surface area contributed by atoms with Crippen LogP contribution in [0.4, 0.5) is 0 Å². The van der Waals surface area contributed by atoms with Crippen LogP contribution in [0.3, 0.4) is 0 Å². The molecule has 112 valence electrons. The van der Waals surface area contributed by atoms with Crippen molar-refractivity contribution in [2.75, 3.05) is 0 Å². The number of ketones is 1. The first-order chi connectivity index (χ1) is 10.7. The second-order valence-corrected chi connectivity index (χ2v) is 7.11. The molecular formula is C21H22O. The largest absolute Gasteiger partial charge is 0.299 e. The number of carbonyl (C=O) groups is 1. The van der Waals surface area contributed by atoms with E-state index in [0.717, 1.165) is 32.1 Å². The molecule has 0 radical (unpaired) electrons. The van der Waals surface area contributed by atoms with Gasteiger partial charge in [0.1, 0.15) is 5.78 Å². The Morgan fingerprint density at radius 3 is 1.95 bits per heavy atom. The molecule has 1 nitrogen and oxygen atoms in total. The summed E-state index contributed by atoms with van der Waals surface area (Å²) in [6.07, 6.45) is 6.23. The van der Waals surface area contributed by atoms with Gasteiger partial charge >= 0.3 is 0 Å². The normalized spacial score (nSPS) is 28.0. The van der Waals surface area contributed by atoms with Crippen LogP contribution in [0.5, 0.6) is 0 Å². The van der Waals surface area contributed by atoms with Crippen LogP contribution in [0, 0.1) is 10.8 Å². The minimum atomic E-state index is 0.0938. The summed E-state index contributed by atoms with van der Waals surface area (Å²) in [4.78, 5) is 12.6. The molecule has 22 heavy (non-hydrogen) atoms. The fraction of sp³-hybridized carbons (Fsp3) is 0.381. The molecule has 2 saturated carbocycles. The predicted molar refractivity (Wildman–Crippen MR) is 88.6 cm³/mol. The monoisotopic (exact) mass is 290 g/mol. The summed E-state index contributed by atoms with van der Waals surface area (Å²) in [5.74, 6) is 0.518. The third kappa shape index (κ3) is 2.29. The van der Waals surface area contributed by atoms with E-state index < -0.39 is 0 Å². The SMILES string of the molecule is O=C(CCc1ccccc1)C12CC1(CCc1ccccc1)C2. The Kier molecular flexibility index (Phi) is 3.18. The summed E-state index contributed by atoms with van der Waals surface area (Å²) in [6.45, 7) is 0. The Balaban J connectivity index is 1.29. The van der Waals surface area contributed by atoms with Crippen molar-refractivity contribution < 1.29 is 4.79 Å². The smallest absolute Gasteiger partial charge is 0.139 e. The van der Waals surface area contributed by atoms with E-state index in [1.807, 2.05) is 6.07 Å². The van der Waals surface area contributed by atoms with Crippen LogP contribution in [0.25, 0.3) is 0 Å². The Hall–Kier alpha value is -1.89. The molecule has 2 aromatic carbocycles. The lowest BCUT2D eigenvalue weighted by Crippen LogP contribution is -2.08. The molecule has 1 heteroatoms. The van der Waals surface area contributed by atoms with Crippen LogP contribution >= 0.6 is 0 Å². The van der Waals surface area contributed by atoms with E-state index in [2.05, 4.69) is 54.6 Å². The first kappa shape index (κ1) is 13.8.